The van der Waals surface area contributed by atoms with Crippen molar-refractivity contribution in [3.05, 3.63) is 29.8 Å². The Morgan fingerprint density at radius 3 is 2.48 bits per heavy atom. The molecule has 0 aliphatic rings. The lowest BCUT2D eigenvalue weighted by molar-refractivity contribution is -0.120. The molecular weight excluding hydrogens is 266 g/mol. The third kappa shape index (κ3) is 6.29. The lowest BCUT2D eigenvalue weighted by atomic mass is 10.1. The SMILES string of the molecule is CCC(C)NC(=O)CNc1cccc(C(=O)NC(C)C)c1. The van der Waals surface area contributed by atoms with Crippen LogP contribution in [-0.4, -0.2) is 30.4 Å². The topological polar surface area (TPSA) is 70.2 Å². The molecule has 5 heteroatoms. The lowest BCUT2D eigenvalue weighted by Crippen LogP contribution is -2.36. The molecule has 0 aromatic heterocycles. The van der Waals surface area contributed by atoms with Crippen LogP contribution >= 0.6 is 0 Å². The molecule has 5 nitrogen and oxygen atoms in total. The van der Waals surface area contributed by atoms with E-state index in [4.69, 9.17) is 0 Å². The largest absolute Gasteiger partial charge is 0.376 e. The number of carbonyl (C=O) groups is 2. The zero-order valence-corrected chi connectivity index (χ0v) is 13.2. The lowest BCUT2D eigenvalue weighted by Gasteiger charge is -2.13. The van der Waals surface area contributed by atoms with Crippen LogP contribution in [0.15, 0.2) is 24.3 Å². The van der Waals surface area contributed by atoms with Crippen molar-refractivity contribution in [2.75, 3.05) is 11.9 Å². The zero-order valence-electron chi connectivity index (χ0n) is 13.2. The summed E-state index contributed by atoms with van der Waals surface area (Å²) in [6.07, 6.45) is 0.899. The highest BCUT2D eigenvalue weighted by molar-refractivity contribution is 5.95. The molecule has 21 heavy (non-hydrogen) atoms. The number of benzene rings is 1. The van der Waals surface area contributed by atoms with Gasteiger partial charge in [0.1, 0.15) is 0 Å². The van der Waals surface area contributed by atoms with Crippen molar-refractivity contribution in [3.8, 4) is 0 Å². The van der Waals surface area contributed by atoms with Gasteiger partial charge in [0.25, 0.3) is 5.91 Å². The highest BCUT2D eigenvalue weighted by Crippen LogP contribution is 2.10. The minimum atomic E-state index is -0.113. The minimum Gasteiger partial charge on any atom is -0.376 e. The first-order valence-corrected chi connectivity index (χ1v) is 7.36. The van der Waals surface area contributed by atoms with E-state index in [-0.39, 0.29) is 30.4 Å². The second-order valence-electron chi connectivity index (χ2n) is 5.44. The van der Waals surface area contributed by atoms with E-state index in [0.29, 0.717) is 5.56 Å². The molecule has 0 spiro atoms. The Balaban J connectivity index is 2.57. The van der Waals surface area contributed by atoms with Gasteiger partial charge in [-0.1, -0.05) is 13.0 Å². The standard InChI is InChI=1S/C16H25N3O2/c1-5-12(4)19-15(20)10-17-14-8-6-7-13(9-14)16(21)18-11(2)3/h6-9,11-12,17H,5,10H2,1-4H3,(H,18,21)(H,19,20). The molecule has 116 valence electrons. The van der Waals surface area contributed by atoms with Crippen molar-refractivity contribution in [2.24, 2.45) is 0 Å². The Hall–Kier alpha value is -2.04. The normalized spacial score (nSPS) is 11.9. The molecule has 1 unspecified atom stereocenters. The van der Waals surface area contributed by atoms with Crippen LogP contribution in [0, 0.1) is 0 Å². The third-order valence-corrected chi connectivity index (χ3v) is 3.02. The van der Waals surface area contributed by atoms with Crippen molar-refractivity contribution in [1.29, 1.82) is 0 Å². The van der Waals surface area contributed by atoms with Gasteiger partial charge in [0, 0.05) is 23.3 Å². The Labute approximate surface area is 126 Å². The molecule has 0 bridgehead atoms. The van der Waals surface area contributed by atoms with Gasteiger partial charge in [0.05, 0.1) is 6.54 Å². The van der Waals surface area contributed by atoms with Crippen LogP contribution < -0.4 is 16.0 Å². The Morgan fingerprint density at radius 1 is 1.14 bits per heavy atom. The number of anilines is 1. The molecule has 0 fully saturated rings. The highest BCUT2D eigenvalue weighted by Gasteiger charge is 2.08. The van der Waals surface area contributed by atoms with E-state index in [9.17, 15) is 9.59 Å². The summed E-state index contributed by atoms with van der Waals surface area (Å²) >= 11 is 0. The van der Waals surface area contributed by atoms with E-state index in [1.54, 1.807) is 18.2 Å². The second-order valence-corrected chi connectivity index (χ2v) is 5.44. The van der Waals surface area contributed by atoms with Gasteiger partial charge in [-0.05, 0) is 45.4 Å². The molecule has 3 N–H and O–H groups in total. The van der Waals surface area contributed by atoms with Crippen molar-refractivity contribution in [2.45, 2.75) is 46.2 Å². The fourth-order valence-electron chi connectivity index (χ4n) is 1.73. The Kier molecular flexibility index (Phi) is 6.72. The number of rotatable bonds is 7. The van der Waals surface area contributed by atoms with Crippen molar-refractivity contribution in [1.82, 2.24) is 10.6 Å². The van der Waals surface area contributed by atoms with Crippen LogP contribution in [0.5, 0.6) is 0 Å². The fraction of sp³-hybridized carbons (Fsp3) is 0.500. The van der Waals surface area contributed by atoms with E-state index in [1.165, 1.54) is 0 Å². The van der Waals surface area contributed by atoms with Crippen molar-refractivity contribution < 1.29 is 9.59 Å². The number of nitrogens with one attached hydrogen (secondary N) is 3. The summed E-state index contributed by atoms with van der Waals surface area (Å²) in [5.41, 5.74) is 1.33. The molecule has 1 aromatic rings. The average molecular weight is 291 g/mol. The molecule has 0 aliphatic carbocycles. The summed E-state index contributed by atoms with van der Waals surface area (Å²) in [4.78, 5) is 23.6. The van der Waals surface area contributed by atoms with Gasteiger partial charge in [-0.15, -0.1) is 0 Å². The second kappa shape index (κ2) is 8.29. The summed E-state index contributed by atoms with van der Waals surface area (Å²) in [7, 11) is 0. The van der Waals surface area contributed by atoms with Crippen LogP contribution in [0.4, 0.5) is 5.69 Å². The monoisotopic (exact) mass is 291 g/mol. The summed E-state index contributed by atoms with van der Waals surface area (Å²) in [5.74, 6) is -0.168. The van der Waals surface area contributed by atoms with Gasteiger partial charge in [0.15, 0.2) is 0 Å². The van der Waals surface area contributed by atoms with Crippen LogP contribution in [0.1, 0.15) is 44.5 Å². The maximum Gasteiger partial charge on any atom is 0.251 e. The minimum absolute atomic E-state index is 0.0543. The van der Waals surface area contributed by atoms with Crippen molar-refractivity contribution >= 4 is 17.5 Å². The molecule has 0 heterocycles. The number of hydrogen-bond donors (Lipinski definition) is 3. The van der Waals surface area contributed by atoms with Crippen LogP contribution in [0.2, 0.25) is 0 Å². The average Bonchev–Trinajstić information content (AvgIpc) is 2.44. The number of hydrogen-bond acceptors (Lipinski definition) is 3. The van der Waals surface area contributed by atoms with Gasteiger partial charge < -0.3 is 16.0 Å². The fourth-order valence-corrected chi connectivity index (χ4v) is 1.73. The first-order chi connectivity index (χ1) is 9.92. The summed E-state index contributed by atoms with van der Waals surface area (Å²) in [5, 5.41) is 8.75. The van der Waals surface area contributed by atoms with E-state index in [0.717, 1.165) is 12.1 Å². The van der Waals surface area contributed by atoms with Gasteiger partial charge >= 0.3 is 0 Å². The molecule has 1 aromatic carbocycles. The summed E-state index contributed by atoms with van der Waals surface area (Å²) in [6.45, 7) is 8.02. The Bertz CT molecular complexity index is 486. The predicted octanol–water partition coefficient (Wildman–Crippen LogP) is 2.15. The highest BCUT2D eigenvalue weighted by atomic mass is 16.2. The van der Waals surface area contributed by atoms with Gasteiger partial charge in [-0.25, -0.2) is 0 Å². The van der Waals surface area contributed by atoms with Crippen LogP contribution in [-0.2, 0) is 4.79 Å². The van der Waals surface area contributed by atoms with E-state index >= 15 is 0 Å². The molecule has 1 rings (SSSR count). The molecule has 0 saturated heterocycles. The molecular formula is C16H25N3O2. The Morgan fingerprint density at radius 2 is 1.86 bits per heavy atom. The van der Waals surface area contributed by atoms with Gasteiger partial charge in [-0.2, -0.15) is 0 Å². The third-order valence-electron chi connectivity index (χ3n) is 3.02. The smallest absolute Gasteiger partial charge is 0.251 e. The maximum atomic E-state index is 11.9. The van der Waals surface area contributed by atoms with Crippen molar-refractivity contribution in [3.63, 3.8) is 0 Å². The zero-order chi connectivity index (χ0) is 15.8. The molecule has 2 amide bonds. The van der Waals surface area contributed by atoms with Gasteiger partial charge in [0.2, 0.25) is 5.91 Å². The van der Waals surface area contributed by atoms with E-state index in [1.807, 2.05) is 33.8 Å². The van der Waals surface area contributed by atoms with E-state index in [2.05, 4.69) is 16.0 Å². The quantitative estimate of drug-likeness (QED) is 0.721. The van der Waals surface area contributed by atoms with E-state index < -0.39 is 0 Å². The molecule has 0 aliphatic heterocycles. The van der Waals surface area contributed by atoms with Crippen LogP contribution in [0.3, 0.4) is 0 Å². The molecule has 1 atom stereocenters. The first kappa shape index (κ1) is 17.0. The first-order valence-electron chi connectivity index (χ1n) is 7.36. The number of carbonyl (C=O) groups excluding carboxylic acids is 2. The van der Waals surface area contributed by atoms with Crippen LogP contribution in [0.25, 0.3) is 0 Å². The molecule has 0 saturated carbocycles. The summed E-state index contributed by atoms with van der Waals surface area (Å²) in [6, 6.07) is 7.39. The van der Waals surface area contributed by atoms with Gasteiger partial charge in [-0.3, -0.25) is 9.59 Å². The maximum absolute atomic E-state index is 11.9. The number of amides is 2. The predicted molar refractivity (Wildman–Crippen MR) is 85.4 cm³/mol. The summed E-state index contributed by atoms with van der Waals surface area (Å²) < 4.78 is 0. The molecule has 0 radical (unpaired) electrons.